The molecular formula is C19H18N2O4. The molecule has 0 radical (unpaired) electrons. The Bertz CT molecular complexity index is 766. The van der Waals surface area contributed by atoms with E-state index in [0.717, 1.165) is 11.3 Å². The first kappa shape index (κ1) is 15.7. The quantitative estimate of drug-likeness (QED) is 0.861. The molecule has 2 aromatic rings. The molecule has 0 aliphatic carbocycles. The number of imide groups is 1. The number of nitrogens with zero attached hydrogens (tertiary/aromatic N) is 2. The summed E-state index contributed by atoms with van der Waals surface area (Å²) in [6.45, 7) is 0.759. The molecule has 2 heterocycles. The summed E-state index contributed by atoms with van der Waals surface area (Å²) < 4.78 is 4.91. The molecule has 2 fully saturated rings. The van der Waals surface area contributed by atoms with Crippen LogP contribution in [0.4, 0.5) is 10.5 Å². The molecule has 0 unspecified atom stereocenters. The second-order valence-corrected chi connectivity index (χ2v) is 6.02. The molecule has 2 aliphatic rings. The fourth-order valence-corrected chi connectivity index (χ4v) is 3.32. The van der Waals surface area contributed by atoms with Gasteiger partial charge in [-0.1, -0.05) is 48.5 Å². The number of rotatable bonds is 3. The first-order valence-corrected chi connectivity index (χ1v) is 8.26. The van der Waals surface area contributed by atoms with Crippen molar-refractivity contribution in [3.63, 3.8) is 0 Å². The van der Waals surface area contributed by atoms with Gasteiger partial charge in [-0.05, 0) is 17.7 Å². The fraction of sp³-hybridized carbons (Fsp3) is 0.263. The Morgan fingerprint density at radius 3 is 2.32 bits per heavy atom. The highest BCUT2D eigenvalue weighted by Crippen LogP contribution is 2.39. The van der Waals surface area contributed by atoms with Gasteiger partial charge in [0.1, 0.15) is 6.61 Å². The van der Waals surface area contributed by atoms with E-state index in [1.54, 1.807) is 5.06 Å². The summed E-state index contributed by atoms with van der Waals surface area (Å²) in [7, 11) is 0. The van der Waals surface area contributed by atoms with Crippen molar-refractivity contribution in [2.24, 2.45) is 5.92 Å². The SMILES string of the molecule is O=C1OCCN1C(=O)[C@H]1CON(c2ccccc2)[C@H]1c1ccccc1. The minimum absolute atomic E-state index is 0.219. The highest BCUT2D eigenvalue weighted by molar-refractivity contribution is 5.95. The van der Waals surface area contributed by atoms with Gasteiger partial charge in [0.05, 0.1) is 30.8 Å². The second kappa shape index (κ2) is 6.57. The highest BCUT2D eigenvalue weighted by Gasteiger charge is 2.45. The summed E-state index contributed by atoms with van der Waals surface area (Å²) >= 11 is 0. The molecule has 25 heavy (non-hydrogen) atoms. The predicted molar refractivity (Wildman–Crippen MR) is 90.6 cm³/mol. The molecule has 2 aromatic carbocycles. The molecule has 0 N–H and O–H groups in total. The van der Waals surface area contributed by atoms with Crippen molar-refractivity contribution >= 4 is 17.7 Å². The van der Waals surface area contributed by atoms with Crippen molar-refractivity contribution in [3.8, 4) is 0 Å². The van der Waals surface area contributed by atoms with Crippen LogP contribution in [-0.4, -0.2) is 36.7 Å². The van der Waals surface area contributed by atoms with Crippen molar-refractivity contribution in [1.29, 1.82) is 0 Å². The predicted octanol–water partition coefficient (Wildman–Crippen LogP) is 2.77. The minimum atomic E-state index is -0.574. The number of amides is 2. The van der Waals surface area contributed by atoms with Crippen LogP contribution in [0.3, 0.4) is 0 Å². The summed E-state index contributed by atoms with van der Waals surface area (Å²) in [6, 6.07) is 19.1. The van der Waals surface area contributed by atoms with Crippen LogP contribution in [0.2, 0.25) is 0 Å². The van der Waals surface area contributed by atoms with Crippen LogP contribution in [0.25, 0.3) is 0 Å². The van der Waals surface area contributed by atoms with Gasteiger partial charge in [0.25, 0.3) is 0 Å². The van der Waals surface area contributed by atoms with Crippen LogP contribution < -0.4 is 5.06 Å². The van der Waals surface area contributed by atoms with E-state index in [2.05, 4.69) is 0 Å². The molecule has 6 nitrogen and oxygen atoms in total. The van der Waals surface area contributed by atoms with Crippen molar-refractivity contribution in [2.45, 2.75) is 6.04 Å². The smallest absolute Gasteiger partial charge is 0.416 e. The van der Waals surface area contributed by atoms with E-state index >= 15 is 0 Å². The van der Waals surface area contributed by atoms with E-state index in [-0.39, 0.29) is 25.2 Å². The third-order valence-electron chi connectivity index (χ3n) is 4.52. The number of benzene rings is 2. The Kier molecular flexibility index (Phi) is 4.11. The van der Waals surface area contributed by atoms with Gasteiger partial charge in [-0.15, -0.1) is 0 Å². The summed E-state index contributed by atoms with van der Waals surface area (Å²) in [6.07, 6.45) is -0.574. The summed E-state index contributed by atoms with van der Waals surface area (Å²) in [5, 5.41) is 1.76. The average molecular weight is 338 g/mol. The topological polar surface area (TPSA) is 59.1 Å². The molecule has 0 aromatic heterocycles. The van der Waals surface area contributed by atoms with E-state index in [0.29, 0.717) is 6.54 Å². The summed E-state index contributed by atoms with van der Waals surface area (Å²) in [5.74, 6) is -0.733. The van der Waals surface area contributed by atoms with Gasteiger partial charge in [0.2, 0.25) is 5.91 Å². The molecular weight excluding hydrogens is 320 g/mol. The van der Waals surface area contributed by atoms with E-state index < -0.39 is 12.0 Å². The van der Waals surface area contributed by atoms with Crippen molar-refractivity contribution in [3.05, 3.63) is 66.2 Å². The monoisotopic (exact) mass is 338 g/mol. The Morgan fingerprint density at radius 1 is 1.00 bits per heavy atom. The Morgan fingerprint density at radius 2 is 1.68 bits per heavy atom. The molecule has 6 heteroatoms. The maximum atomic E-state index is 12.9. The Balaban J connectivity index is 1.69. The van der Waals surface area contributed by atoms with Gasteiger partial charge in [0, 0.05) is 0 Å². The second-order valence-electron chi connectivity index (χ2n) is 6.02. The number of hydroxylamine groups is 1. The van der Waals surface area contributed by atoms with Gasteiger partial charge < -0.3 is 4.74 Å². The number of hydrogen-bond acceptors (Lipinski definition) is 5. The van der Waals surface area contributed by atoms with Gasteiger partial charge in [-0.2, -0.15) is 0 Å². The first-order chi connectivity index (χ1) is 12.3. The zero-order valence-corrected chi connectivity index (χ0v) is 13.6. The highest BCUT2D eigenvalue weighted by atomic mass is 16.7. The molecule has 4 rings (SSSR count). The third kappa shape index (κ3) is 2.85. The zero-order valence-electron chi connectivity index (χ0n) is 13.6. The van der Waals surface area contributed by atoms with Gasteiger partial charge in [-0.3, -0.25) is 9.63 Å². The third-order valence-corrected chi connectivity index (χ3v) is 4.52. The fourth-order valence-electron chi connectivity index (χ4n) is 3.32. The number of carbonyl (C=O) groups is 2. The maximum absolute atomic E-state index is 12.9. The van der Waals surface area contributed by atoms with Crippen molar-refractivity contribution < 1.29 is 19.2 Å². The van der Waals surface area contributed by atoms with E-state index in [9.17, 15) is 9.59 Å². The van der Waals surface area contributed by atoms with E-state index in [4.69, 9.17) is 9.57 Å². The van der Waals surface area contributed by atoms with E-state index in [1.165, 1.54) is 4.90 Å². The lowest BCUT2D eigenvalue weighted by atomic mass is 9.92. The maximum Gasteiger partial charge on any atom is 0.416 e. The molecule has 2 amide bonds. The number of carbonyl (C=O) groups excluding carboxylic acids is 2. The number of hydrogen-bond donors (Lipinski definition) is 0. The van der Waals surface area contributed by atoms with Crippen LogP contribution in [0.1, 0.15) is 11.6 Å². The lowest BCUT2D eigenvalue weighted by Gasteiger charge is -2.28. The van der Waals surface area contributed by atoms with Crippen LogP contribution in [-0.2, 0) is 14.4 Å². The standard InChI is InChI=1S/C19H18N2O4/c22-18(20-11-12-24-19(20)23)16-13-25-21(15-9-5-2-6-10-15)17(16)14-7-3-1-4-8-14/h1-10,16-17H,11-13H2/t16-,17-/m0/s1. The van der Waals surface area contributed by atoms with Gasteiger partial charge in [0.15, 0.2) is 0 Å². The lowest BCUT2D eigenvalue weighted by molar-refractivity contribution is -0.132. The molecule has 128 valence electrons. The Hall–Kier alpha value is -2.86. The first-order valence-electron chi connectivity index (χ1n) is 8.26. The minimum Gasteiger partial charge on any atom is -0.447 e. The summed E-state index contributed by atoms with van der Waals surface area (Å²) in [5.41, 5.74) is 1.84. The largest absolute Gasteiger partial charge is 0.447 e. The molecule has 2 atom stereocenters. The van der Waals surface area contributed by atoms with Crippen molar-refractivity contribution in [1.82, 2.24) is 4.90 Å². The molecule has 0 saturated carbocycles. The van der Waals surface area contributed by atoms with E-state index in [1.807, 2.05) is 60.7 Å². The number of para-hydroxylation sites is 1. The average Bonchev–Trinajstić information content (AvgIpc) is 3.29. The molecule has 0 bridgehead atoms. The number of anilines is 1. The lowest BCUT2D eigenvalue weighted by Crippen LogP contribution is -2.40. The van der Waals surface area contributed by atoms with Gasteiger partial charge >= 0.3 is 6.09 Å². The van der Waals surface area contributed by atoms with Crippen molar-refractivity contribution in [2.75, 3.05) is 24.8 Å². The van der Waals surface area contributed by atoms with Crippen LogP contribution in [0, 0.1) is 5.92 Å². The normalized spacial score (nSPS) is 23.0. The van der Waals surface area contributed by atoms with Crippen LogP contribution in [0.5, 0.6) is 0 Å². The number of ether oxygens (including phenoxy) is 1. The van der Waals surface area contributed by atoms with Crippen LogP contribution >= 0.6 is 0 Å². The number of cyclic esters (lactones) is 1. The molecule has 0 spiro atoms. The molecule has 2 aliphatic heterocycles. The van der Waals surface area contributed by atoms with Gasteiger partial charge in [-0.25, -0.2) is 14.8 Å². The molecule has 2 saturated heterocycles. The summed E-state index contributed by atoms with van der Waals surface area (Å²) in [4.78, 5) is 31.8. The Labute approximate surface area is 145 Å². The zero-order chi connectivity index (χ0) is 17.2. The van der Waals surface area contributed by atoms with Crippen LogP contribution in [0.15, 0.2) is 60.7 Å².